The standard InChI is InChI=1S/C10H9N5/c1-2-5-9-8(4-1)12-10(13-9)14-15-7-3-6-11-15/h1-7H,(H2,12,13,14). The fourth-order valence-corrected chi connectivity index (χ4v) is 1.45. The van der Waals surface area contributed by atoms with Crippen molar-refractivity contribution in [3.05, 3.63) is 42.7 Å². The molecular formula is C10H9N5. The van der Waals surface area contributed by atoms with Crippen LogP contribution in [-0.4, -0.2) is 19.9 Å². The molecule has 3 rings (SSSR count). The minimum absolute atomic E-state index is 0.680. The molecule has 0 atom stereocenters. The van der Waals surface area contributed by atoms with Gasteiger partial charge in [-0.25, -0.2) is 10.4 Å². The molecule has 0 bridgehead atoms. The minimum Gasteiger partial charge on any atom is -0.323 e. The van der Waals surface area contributed by atoms with Crippen molar-refractivity contribution in [2.45, 2.75) is 0 Å². The van der Waals surface area contributed by atoms with E-state index in [1.165, 1.54) is 0 Å². The number of para-hydroxylation sites is 2. The third-order valence-corrected chi connectivity index (χ3v) is 2.11. The molecule has 0 fully saturated rings. The number of fused-ring (bicyclic) bond motifs is 1. The Morgan fingerprint density at radius 3 is 2.93 bits per heavy atom. The van der Waals surface area contributed by atoms with E-state index in [0.717, 1.165) is 11.0 Å². The van der Waals surface area contributed by atoms with Gasteiger partial charge in [0.05, 0.1) is 17.2 Å². The number of hydrogen-bond acceptors (Lipinski definition) is 3. The molecule has 0 aliphatic rings. The molecule has 0 amide bonds. The number of benzene rings is 1. The highest BCUT2D eigenvalue weighted by Gasteiger charge is 2.00. The Morgan fingerprint density at radius 1 is 1.20 bits per heavy atom. The fourth-order valence-electron chi connectivity index (χ4n) is 1.45. The maximum atomic E-state index is 4.36. The summed E-state index contributed by atoms with van der Waals surface area (Å²) in [6.45, 7) is 0. The topological polar surface area (TPSA) is 58.5 Å². The molecule has 15 heavy (non-hydrogen) atoms. The Balaban J connectivity index is 1.98. The Labute approximate surface area is 85.7 Å². The van der Waals surface area contributed by atoms with Crippen molar-refractivity contribution in [2.75, 3.05) is 5.43 Å². The lowest BCUT2D eigenvalue weighted by molar-refractivity contribution is 0.791. The second-order valence-electron chi connectivity index (χ2n) is 3.16. The number of nitrogens with one attached hydrogen (secondary N) is 2. The van der Waals surface area contributed by atoms with Crippen LogP contribution in [-0.2, 0) is 0 Å². The van der Waals surface area contributed by atoms with Crippen molar-refractivity contribution < 1.29 is 0 Å². The third-order valence-electron chi connectivity index (χ3n) is 2.11. The first-order chi connectivity index (χ1) is 7.42. The van der Waals surface area contributed by atoms with Gasteiger partial charge in [0.2, 0.25) is 5.95 Å². The largest absolute Gasteiger partial charge is 0.323 e. The lowest BCUT2D eigenvalue weighted by atomic mass is 10.3. The van der Waals surface area contributed by atoms with Crippen molar-refractivity contribution in [3.8, 4) is 0 Å². The SMILES string of the molecule is c1ccc2[nH]c(Nn3cccn3)nc2c1. The Morgan fingerprint density at radius 2 is 2.13 bits per heavy atom. The molecule has 0 saturated carbocycles. The number of H-pyrrole nitrogens is 1. The number of imidazole rings is 1. The van der Waals surface area contributed by atoms with E-state index in [2.05, 4.69) is 20.5 Å². The highest BCUT2D eigenvalue weighted by molar-refractivity contribution is 5.77. The van der Waals surface area contributed by atoms with Gasteiger partial charge in [-0.2, -0.15) is 9.89 Å². The Bertz CT molecular complexity index is 533. The third kappa shape index (κ3) is 1.43. The first-order valence-corrected chi connectivity index (χ1v) is 4.63. The molecule has 0 unspecified atom stereocenters. The van der Waals surface area contributed by atoms with Gasteiger partial charge in [-0.15, -0.1) is 0 Å². The Kier molecular flexibility index (Phi) is 1.68. The van der Waals surface area contributed by atoms with Crippen LogP contribution in [0.3, 0.4) is 0 Å². The maximum Gasteiger partial charge on any atom is 0.222 e. The van der Waals surface area contributed by atoms with Gasteiger partial charge in [0.1, 0.15) is 0 Å². The molecule has 2 N–H and O–H groups in total. The van der Waals surface area contributed by atoms with E-state index in [0.29, 0.717) is 5.95 Å². The van der Waals surface area contributed by atoms with Gasteiger partial charge >= 0.3 is 0 Å². The summed E-state index contributed by atoms with van der Waals surface area (Å²) in [6.07, 6.45) is 3.52. The zero-order valence-electron chi connectivity index (χ0n) is 7.88. The molecule has 0 saturated heterocycles. The average Bonchev–Trinajstić information content (AvgIpc) is 2.86. The van der Waals surface area contributed by atoms with Crippen molar-refractivity contribution in [1.29, 1.82) is 0 Å². The highest BCUT2D eigenvalue weighted by atomic mass is 15.6. The zero-order chi connectivity index (χ0) is 10.1. The summed E-state index contributed by atoms with van der Waals surface area (Å²) < 4.78 is 0. The summed E-state index contributed by atoms with van der Waals surface area (Å²) in [5, 5.41) is 4.03. The summed E-state index contributed by atoms with van der Waals surface area (Å²) >= 11 is 0. The molecular weight excluding hydrogens is 190 g/mol. The maximum absolute atomic E-state index is 4.36. The normalized spacial score (nSPS) is 10.7. The van der Waals surface area contributed by atoms with Crippen LogP contribution in [0, 0.1) is 0 Å². The highest BCUT2D eigenvalue weighted by Crippen LogP contribution is 2.12. The van der Waals surface area contributed by atoms with Crippen LogP contribution >= 0.6 is 0 Å². The van der Waals surface area contributed by atoms with Gasteiger partial charge in [0.15, 0.2) is 0 Å². The first-order valence-electron chi connectivity index (χ1n) is 4.63. The molecule has 0 aliphatic heterocycles. The average molecular weight is 199 g/mol. The van der Waals surface area contributed by atoms with Gasteiger partial charge in [0.25, 0.3) is 0 Å². The van der Waals surface area contributed by atoms with Crippen LogP contribution in [0.25, 0.3) is 11.0 Å². The fraction of sp³-hybridized carbons (Fsp3) is 0. The van der Waals surface area contributed by atoms with Gasteiger partial charge in [-0.1, -0.05) is 12.1 Å². The van der Waals surface area contributed by atoms with Crippen molar-refractivity contribution in [1.82, 2.24) is 19.9 Å². The van der Waals surface area contributed by atoms with Gasteiger partial charge < -0.3 is 4.98 Å². The monoisotopic (exact) mass is 199 g/mol. The van der Waals surface area contributed by atoms with E-state index >= 15 is 0 Å². The molecule has 3 aromatic rings. The van der Waals surface area contributed by atoms with Crippen molar-refractivity contribution >= 4 is 17.0 Å². The minimum atomic E-state index is 0.680. The van der Waals surface area contributed by atoms with Crippen LogP contribution in [0.15, 0.2) is 42.7 Å². The van der Waals surface area contributed by atoms with Crippen LogP contribution in [0.2, 0.25) is 0 Å². The lowest BCUT2D eigenvalue weighted by Crippen LogP contribution is -2.09. The van der Waals surface area contributed by atoms with Gasteiger partial charge in [-0.05, 0) is 18.2 Å². The van der Waals surface area contributed by atoms with Crippen LogP contribution < -0.4 is 5.43 Å². The predicted octanol–water partition coefficient (Wildman–Crippen LogP) is 1.63. The Hall–Kier alpha value is -2.30. The molecule has 5 heteroatoms. The quantitative estimate of drug-likeness (QED) is 0.659. The van der Waals surface area contributed by atoms with Crippen molar-refractivity contribution in [3.63, 3.8) is 0 Å². The van der Waals surface area contributed by atoms with E-state index < -0.39 is 0 Å². The number of aromatic nitrogens is 4. The van der Waals surface area contributed by atoms with E-state index in [9.17, 15) is 0 Å². The first kappa shape index (κ1) is 8.05. The summed E-state index contributed by atoms with van der Waals surface area (Å²) in [4.78, 5) is 9.11. The van der Waals surface area contributed by atoms with Crippen molar-refractivity contribution in [2.24, 2.45) is 0 Å². The second kappa shape index (κ2) is 3.13. The molecule has 2 aromatic heterocycles. The summed E-state index contributed by atoms with van der Waals surface area (Å²) in [5.74, 6) is 0.680. The summed E-state index contributed by atoms with van der Waals surface area (Å²) in [6, 6.07) is 9.71. The smallest absolute Gasteiger partial charge is 0.222 e. The van der Waals surface area contributed by atoms with Gasteiger partial charge in [0, 0.05) is 6.20 Å². The van der Waals surface area contributed by atoms with E-state index in [4.69, 9.17) is 0 Å². The van der Waals surface area contributed by atoms with Crippen LogP contribution in [0.5, 0.6) is 0 Å². The lowest BCUT2D eigenvalue weighted by Gasteiger charge is -1.99. The van der Waals surface area contributed by atoms with Crippen LogP contribution in [0.1, 0.15) is 0 Å². The number of hydrogen-bond donors (Lipinski definition) is 2. The summed E-state index contributed by atoms with van der Waals surface area (Å²) in [7, 11) is 0. The molecule has 0 radical (unpaired) electrons. The van der Waals surface area contributed by atoms with E-state index in [1.54, 1.807) is 11.0 Å². The number of anilines is 1. The molecule has 74 valence electrons. The van der Waals surface area contributed by atoms with Crippen LogP contribution in [0.4, 0.5) is 5.95 Å². The zero-order valence-corrected chi connectivity index (χ0v) is 7.88. The van der Waals surface area contributed by atoms with E-state index in [1.807, 2.05) is 36.5 Å². The van der Waals surface area contributed by atoms with E-state index in [-0.39, 0.29) is 0 Å². The molecule has 1 aromatic carbocycles. The number of aromatic amines is 1. The summed E-state index contributed by atoms with van der Waals surface area (Å²) in [5.41, 5.74) is 4.96. The van der Waals surface area contributed by atoms with Gasteiger partial charge in [-0.3, -0.25) is 0 Å². The predicted molar refractivity (Wildman–Crippen MR) is 57.3 cm³/mol. The number of rotatable bonds is 2. The molecule has 0 aliphatic carbocycles. The molecule has 5 nitrogen and oxygen atoms in total. The number of nitrogens with zero attached hydrogens (tertiary/aromatic N) is 3. The molecule has 2 heterocycles. The molecule has 0 spiro atoms. The second-order valence-corrected chi connectivity index (χ2v) is 3.16.